The summed E-state index contributed by atoms with van der Waals surface area (Å²) in [5.74, 6) is 0.744. The van der Waals surface area contributed by atoms with Gasteiger partial charge in [-0.2, -0.15) is 0 Å². The molecule has 0 aromatic heterocycles. The number of benzene rings is 1. The quantitative estimate of drug-likeness (QED) is 0.789. The fraction of sp³-hybridized carbons (Fsp3) is 0.538. The van der Waals surface area contributed by atoms with Gasteiger partial charge in [-0.1, -0.05) is 6.07 Å². The van der Waals surface area contributed by atoms with Gasteiger partial charge in [-0.25, -0.2) is 0 Å². The first kappa shape index (κ1) is 10.1. The average molecular weight is 218 g/mol. The van der Waals surface area contributed by atoms with Gasteiger partial charge in [0.1, 0.15) is 5.75 Å². The van der Waals surface area contributed by atoms with Crippen LogP contribution in [-0.2, 0) is 6.54 Å². The number of nitrogens with zero attached hydrogens (tertiary/aromatic N) is 1. The first-order chi connectivity index (χ1) is 7.78. The third-order valence-corrected chi connectivity index (χ3v) is 3.75. The van der Waals surface area contributed by atoms with Gasteiger partial charge in [0, 0.05) is 31.6 Å². The molecule has 0 saturated heterocycles. The van der Waals surface area contributed by atoms with Crippen LogP contribution in [0.5, 0.6) is 5.75 Å². The standard InChI is InChI=1S/C13H18N2O/c14-6-10-8-15(11-2-3-11)7-9-1-4-12(16)5-13(9)10/h1,4-5,10-11,16H,2-3,6-8,14H2. The van der Waals surface area contributed by atoms with Gasteiger partial charge in [0.25, 0.3) is 0 Å². The highest BCUT2D eigenvalue weighted by Gasteiger charge is 2.34. The Kier molecular flexibility index (Phi) is 2.37. The second-order valence-electron chi connectivity index (χ2n) is 4.98. The number of nitrogens with two attached hydrogens (primary N) is 1. The van der Waals surface area contributed by atoms with Crippen LogP contribution in [0.4, 0.5) is 0 Å². The molecular weight excluding hydrogens is 200 g/mol. The monoisotopic (exact) mass is 218 g/mol. The topological polar surface area (TPSA) is 49.5 Å². The second kappa shape index (κ2) is 3.75. The smallest absolute Gasteiger partial charge is 0.115 e. The zero-order chi connectivity index (χ0) is 11.1. The van der Waals surface area contributed by atoms with E-state index in [4.69, 9.17) is 5.73 Å². The van der Waals surface area contributed by atoms with Crippen LogP contribution in [0.2, 0.25) is 0 Å². The molecule has 0 amide bonds. The van der Waals surface area contributed by atoms with Crippen LogP contribution in [-0.4, -0.2) is 29.1 Å². The van der Waals surface area contributed by atoms with Crippen molar-refractivity contribution >= 4 is 0 Å². The number of aromatic hydroxyl groups is 1. The molecule has 1 aliphatic heterocycles. The van der Waals surface area contributed by atoms with Crippen LogP contribution in [0.3, 0.4) is 0 Å². The lowest BCUT2D eigenvalue weighted by molar-refractivity contribution is 0.221. The summed E-state index contributed by atoms with van der Waals surface area (Å²) in [4.78, 5) is 2.54. The maximum absolute atomic E-state index is 9.53. The van der Waals surface area contributed by atoms with Gasteiger partial charge in [-0.3, -0.25) is 4.90 Å². The zero-order valence-electron chi connectivity index (χ0n) is 9.39. The normalized spacial score (nSPS) is 25.4. The number of rotatable bonds is 2. The molecular formula is C13H18N2O. The molecule has 1 saturated carbocycles. The third-order valence-electron chi connectivity index (χ3n) is 3.75. The first-order valence-corrected chi connectivity index (χ1v) is 6.04. The predicted octanol–water partition coefficient (Wildman–Crippen LogP) is 1.41. The highest BCUT2D eigenvalue weighted by Crippen LogP contribution is 2.36. The van der Waals surface area contributed by atoms with Crippen LogP contribution in [0.1, 0.15) is 29.9 Å². The summed E-state index contributed by atoms with van der Waals surface area (Å²) in [6.07, 6.45) is 2.68. The maximum atomic E-state index is 9.53. The molecule has 1 fully saturated rings. The summed E-state index contributed by atoms with van der Waals surface area (Å²) in [6, 6.07) is 6.50. The fourth-order valence-electron chi connectivity index (χ4n) is 2.69. The number of hydrogen-bond donors (Lipinski definition) is 2. The minimum atomic E-state index is 0.358. The highest BCUT2D eigenvalue weighted by atomic mass is 16.3. The summed E-state index contributed by atoms with van der Waals surface area (Å²) >= 11 is 0. The van der Waals surface area contributed by atoms with Crippen LogP contribution in [0.25, 0.3) is 0 Å². The molecule has 0 bridgehead atoms. The van der Waals surface area contributed by atoms with Crippen molar-refractivity contribution in [1.82, 2.24) is 4.90 Å². The van der Waals surface area contributed by atoms with E-state index < -0.39 is 0 Å². The van der Waals surface area contributed by atoms with E-state index in [0.29, 0.717) is 18.2 Å². The Hall–Kier alpha value is -1.06. The predicted molar refractivity (Wildman–Crippen MR) is 63.3 cm³/mol. The lowest BCUT2D eigenvalue weighted by atomic mass is 9.89. The van der Waals surface area contributed by atoms with Gasteiger partial charge < -0.3 is 10.8 Å². The summed E-state index contributed by atoms with van der Waals surface area (Å²) in [6.45, 7) is 2.74. The summed E-state index contributed by atoms with van der Waals surface area (Å²) in [5, 5.41) is 9.53. The lowest BCUT2D eigenvalue weighted by Gasteiger charge is -2.34. The Balaban J connectivity index is 1.93. The van der Waals surface area contributed by atoms with E-state index in [1.807, 2.05) is 12.1 Å². The van der Waals surface area contributed by atoms with Crippen molar-refractivity contribution in [2.75, 3.05) is 13.1 Å². The van der Waals surface area contributed by atoms with E-state index >= 15 is 0 Å². The molecule has 0 radical (unpaired) electrons. The Labute approximate surface area is 95.9 Å². The molecule has 1 aliphatic carbocycles. The minimum Gasteiger partial charge on any atom is -0.508 e. The van der Waals surface area contributed by atoms with E-state index in [1.165, 1.54) is 24.0 Å². The van der Waals surface area contributed by atoms with Crippen molar-refractivity contribution in [3.8, 4) is 5.75 Å². The molecule has 3 heteroatoms. The van der Waals surface area contributed by atoms with Gasteiger partial charge in [-0.15, -0.1) is 0 Å². The van der Waals surface area contributed by atoms with Crippen LogP contribution >= 0.6 is 0 Å². The molecule has 3 rings (SSSR count). The first-order valence-electron chi connectivity index (χ1n) is 6.04. The summed E-state index contributed by atoms with van der Waals surface area (Å²) in [7, 11) is 0. The molecule has 1 heterocycles. The Morgan fingerprint density at radius 3 is 2.88 bits per heavy atom. The van der Waals surface area contributed by atoms with Crippen LogP contribution in [0, 0.1) is 0 Å². The Morgan fingerprint density at radius 1 is 1.38 bits per heavy atom. The number of phenols is 1. The average Bonchev–Trinajstić information content (AvgIpc) is 3.11. The molecule has 16 heavy (non-hydrogen) atoms. The summed E-state index contributed by atoms with van der Waals surface area (Å²) in [5.41, 5.74) is 8.43. The Morgan fingerprint density at radius 2 is 2.19 bits per heavy atom. The van der Waals surface area contributed by atoms with Crippen molar-refractivity contribution in [3.05, 3.63) is 29.3 Å². The molecule has 0 spiro atoms. The van der Waals surface area contributed by atoms with Crippen molar-refractivity contribution < 1.29 is 5.11 Å². The number of fused-ring (bicyclic) bond motifs is 1. The third kappa shape index (κ3) is 1.70. The van der Waals surface area contributed by atoms with E-state index in [1.54, 1.807) is 6.07 Å². The van der Waals surface area contributed by atoms with Crippen molar-refractivity contribution in [2.24, 2.45) is 5.73 Å². The van der Waals surface area contributed by atoms with Gasteiger partial charge in [-0.05, 0) is 36.1 Å². The van der Waals surface area contributed by atoms with E-state index in [0.717, 1.165) is 19.1 Å². The van der Waals surface area contributed by atoms with Crippen LogP contribution < -0.4 is 5.73 Å². The molecule has 3 nitrogen and oxygen atoms in total. The molecule has 1 aromatic rings. The lowest BCUT2D eigenvalue weighted by Crippen LogP contribution is -2.37. The molecule has 1 unspecified atom stereocenters. The molecule has 2 aliphatic rings. The molecule has 3 N–H and O–H groups in total. The fourth-order valence-corrected chi connectivity index (χ4v) is 2.69. The van der Waals surface area contributed by atoms with Gasteiger partial charge in [0.2, 0.25) is 0 Å². The molecule has 1 aromatic carbocycles. The summed E-state index contributed by atoms with van der Waals surface area (Å²) < 4.78 is 0. The minimum absolute atomic E-state index is 0.358. The van der Waals surface area contributed by atoms with Crippen LogP contribution in [0.15, 0.2) is 18.2 Å². The zero-order valence-corrected chi connectivity index (χ0v) is 9.39. The van der Waals surface area contributed by atoms with Crippen molar-refractivity contribution in [3.63, 3.8) is 0 Å². The molecule has 1 atom stereocenters. The SMILES string of the molecule is NCC1CN(C2CC2)Cc2ccc(O)cc21. The van der Waals surface area contributed by atoms with Crippen molar-refractivity contribution in [2.45, 2.75) is 31.3 Å². The molecule has 86 valence electrons. The van der Waals surface area contributed by atoms with Gasteiger partial charge >= 0.3 is 0 Å². The van der Waals surface area contributed by atoms with Gasteiger partial charge in [0.05, 0.1) is 0 Å². The van der Waals surface area contributed by atoms with E-state index in [9.17, 15) is 5.11 Å². The van der Waals surface area contributed by atoms with E-state index in [2.05, 4.69) is 4.90 Å². The Bertz CT molecular complexity index is 401. The van der Waals surface area contributed by atoms with Crippen molar-refractivity contribution in [1.29, 1.82) is 0 Å². The highest BCUT2D eigenvalue weighted by molar-refractivity contribution is 5.39. The number of hydrogen-bond acceptors (Lipinski definition) is 3. The second-order valence-corrected chi connectivity index (χ2v) is 4.98. The van der Waals surface area contributed by atoms with Gasteiger partial charge in [0.15, 0.2) is 0 Å². The van der Waals surface area contributed by atoms with E-state index in [-0.39, 0.29) is 0 Å². The largest absolute Gasteiger partial charge is 0.508 e. The number of phenolic OH excluding ortho intramolecular Hbond substituents is 1. The maximum Gasteiger partial charge on any atom is 0.115 e.